The molecule has 0 N–H and O–H groups in total. The van der Waals surface area contributed by atoms with Gasteiger partial charge >= 0.3 is 0 Å². The summed E-state index contributed by atoms with van der Waals surface area (Å²) in [5.41, 5.74) is 0.756. The van der Waals surface area contributed by atoms with Crippen LogP contribution in [0.4, 0.5) is 5.69 Å². The fraction of sp³-hybridized carbons (Fsp3) is 0.250. The van der Waals surface area contributed by atoms with Crippen molar-refractivity contribution >= 4 is 21.4 Å². The average molecular weight is 403 g/mol. The van der Waals surface area contributed by atoms with Gasteiger partial charge in [0.25, 0.3) is 5.91 Å². The van der Waals surface area contributed by atoms with E-state index in [9.17, 15) is 13.2 Å². The molecular weight excluding hydrogens is 382 g/mol. The highest BCUT2D eigenvalue weighted by Crippen LogP contribution is 2.36. The topological polar surface area (TPSA) is 82.1 Å². The molecule has 0 spiro atoms. The fourth-order valence-corrected chi connectivity index (χ4v) is 4.36. The van der Waals surface area contributed by atoms with E-state index in [0.717, 1.165) is 5.41 Å². The van der Waals surface area contributed by atoms with Crippen molar-refractivity contribution in [1.82, 2.24) is 0 Å². The summed E-state index contributed by atoms with van der Waals surface area (Å²) in [4.78, 5) is 14.9. The van der Waals surface area contributed by atoms with Crippen LogP contribution >= 0.6 is 0 Å². The second kappa shape index (κ2) is 7.93. The van der Waals surface area contributed by atoms with Gasteiger partial charge in [-0.1, -0.05) is 12.1 Å². The minimum atomic E-state index is -3.38. The molecule has 0 fully saturated rings. The third-order valence-corrected chi connectivity index (χ3v) is 5.82. The largest absolute Gasteiger partial charge is 0.497 e. The maximum absolute atomic E-state index is 13.5. The molecule has 3 rings (SSSR count). The van der Waals surface area contributed by atoms with E-state index in [4.69, 9.17) is 14.2 Å². The molecule has 0 saturated carbocycles. The molecule has 148 valence electrons. The van der Waals surface area contributed by atoms with Crippen LogP contribution in [0.15, 0.2) is 53.9 Å². The highest BCUT2D eigenvalue weighted by molar-refractivity contribution is 7.94. The van der Waals surface area contributed by atoms with Crippen LogP contribution in [0.1, 0.15) is 10.4 Å². The standard InChI is InChI=1S/C20H21NO6S/c1-25-15-8-9-17(19(12-15)27-3)21(14-10-11-28(23,24)13-14)20(22)16-6-4-5-7-18(16)26-2/h4-12,14H,13H2,1-3H3/t14-/m1/s1. The van der Waals surface area contributed by atoms with Crippen LogP contribution in [0.25, 0.3) is 0 Å². The Balaban J connectivity index is 2.14. The zero-order valence-electron chi connectivity index (χ0n) is 15.8. The maximum atomic E-state index is 13.5. The van der Waals surface area contributed by atoms with Crippen molar-refractivity contribution in [1.29, 1.82) is 0 Å². The smallest absolute Gasteiger partial charge is 0.262 e. The van der Waals surface area contributed by atoms with Gasteiger partial charge in [0.15, 0.2) is 9.84 Å². The van der Waals surface area contributed by atoms with E-state index in [1.807, 2.05) is 0 Å². The summed E-state index contributed by atoms with van der Waals surface area (Å²) in [7, 11) is 1.10. The van der Waals surface area contributed by atoms with Crippen molar-refractivity contribution in [3.8, 4) is 17.2 Å². The number of rotatable bonds is 6. The number of hydrogen-bond acceptors (Lipinski definition) is 6. The van der Waals surface area contributed by atoms with Crippen molar-refractivity contribution in [2.45, 2.75) is 6.04 Å². The first-order valence-corrected chi connectivity index (χ1v) is 10.2. The van der Waals surface area contributed by atoms with E-state index in [1.54, 1.807) is 42.5 Å². The normalized spacial score (nSPS) is 17.2. The molecule has 1 atom stereocenters. The maximum Gasteiger partial charge on any atom is 0.262 e. The van der Waals surface area contributed by atoms with E-state index < -0.39 is 21.8 Å². The van der Waals surface area contributed by atoms with Crippen LogP contribution in [0.2, 0.25) is 0 Å². The van der Waals surface area contributed by atoms with Gasteiger partial charge in [-0.25, -0.2) is 8.42 Å². The number of nitrogens with zero attached hydrogens (tertiary/aromatic N) is 1. The summed E-state index contributed by atoms with van der Waals surface area (Å²) < 4.78 is 40.0. The molecule has 0 saturated heterocycles. The lowest BCUT2D eigenvalue weighted by molar-refractivity contribution is 0.0979. The molecule has 7 nitrogen and oxygen atoms in total. The molecule has 1 amide bonds. The zero-order valence-corrected chi connectivity index (χ0v) is 16.6. The number of anilines is 1. The average Bonchev–Trinajstić information content (AvgIpc) is 3.07. The van der Waals surface area contributed by atoms with E-state index in [1.165, 1.54) is 32.3 Å². The van der Waals surface area contributed by atoms with Gasteiger partial charge in [0.2, 0.25) is 0 Å². The van der Waals surface area contributed by atoms with Gasteiger partial charge in [0, 0.05) is 11.5 Å². The Labute approximate surface area is 164 Å². The van der Waals surface area contributed by atoms with Crippen molar-refractivity contribution < 1.29 is 27.4 Å². The van der Waals surface area contributed by atoms with Crippen molar-refractivity contribution in [3.63, 3.8) is 0 Å². The van der Waals surface area contributed by atoms with Crippen LogP contribution < -0.4 is 19.1 Å². The summed E-state index contributed by atoms with van der Waals surface area (Å²) in [5, 5.41) is 1.14. The number of carbonyl (C=O) groups excluding carboxylic acids is 1. The minimum absolute atomic E-state index is 0.205. The number of ether oxygens (including phenoxy) is 3. The Morgan fingerprint density at radius 1 is 1.00 bits per heavy atom. The molecule has 0 unspecified atom stereocenters. The Hall–Kier alpha value is -3.00. The van der Waals surface area contributed by atoms with Crippen molar-refractivity contribution in [2.75, 3.05) is 32.0 Å². The number of sulfone groups is 1. The van der Waals surface area contributed by atoms with E-state index in [0.29, 0.717) is 28.5 Å². The summed E-state index contributed by atoms with van der Waals surface area (Å²) in [6.45, 7) is 0. The SMILES string of the molecule is COc1ccc(N(C(=O)c2ccccc2OC)[C@@H]2C=CS(=O)(=O)C2)c(OC)c1. The number of benzene rings is 2. The Morgan fingerprint density at radius 3 is 2.32 bits per heavy atom. The quantitative estimate of drug-likeness (QED) is 0.738. The first-order chi connectivity index (χ1) is 13.4. The van der Waals surface area contributed by atoms with Gasteiger partial charge in [-0.3, -0.25) is 9.69 Å². The van der Waals surface area contributed by atoms with Crippen LogP contribution in [0, 0.1) is 0 Å². The summed E-state index contributed by atoms with van der Waals surface area (Å²) in [6, 6.07) is 11.1. The van der Waals surface area contributed by atoms with Crippen molar-refractivity contribution in [3.05, 3.63) is 59.5 Å². The fourth-order valence-electron chi connectivity index (χ4n) is 3.09. The van der Waals surface area contributed by atoms with Gasteiger partial charge in [-0.05, 0) is 30.3 Å². The molecule has 1 heterocycles. The van der Waals surface area contributed by atoms with Gasteiger partial charge in [-0.2, -0.15) is 0 Å². The molecule has 2 aromatic carbocycles. The lowest BCUT2D eigenvalue weighted by Gasteiger charge is -2.29. The monoisotopic (exact) mass is 403 g/mol. The highest BCUT2D eigenvalue weighted by Gasteiger charge is 2.34. The Morgan fingerprint density at radius 2 is 1.71 bits per heavy atom. The predicted molar refractivity (Wildman–Crippen MR) is 106 cm³/mol. The van der Waals surface area contributed by atoms with Crippen LogP contribution in [0.3, 0.4) is 0 Å². The molecule has 1 aliphatic heterocycles. The van der Waals surface area contributed by atoms with Gasteiger partial charge in [-0.15, -0.1) is 0 Å². The molecule has 1 aliphatic rings. The lowest BCUT2D eigenvalue weighted by atomic mass is 10.1. The summed E-state index contributed by atoms with van der Waals surface area (Å²) in [5.74, 6) is 0.742. The van der Waals surface area contributed by atoms with E-state index >= 15 is 0 Å². The third kappa shape index (κ3) is 3.82. The lowest BCUT2D eigenvalue weighted by Crippen LogP contribution is -2.41. The predicted octanol–water partition coefficient (Wildman–Crippen LogP) is 2.67. The van der Waals surface area contributed by atoms with Gasteiger partial charge in [0.05, 0.1) is 44.4 Å². The molecule has 0 aliphatic carbocycles. The molecule has 0 radical (unpaired) electrons. The molecule has 8 heteroatoms. The second-order valence-electron chi connectivity index (χ2n) is 6.14. The first kappa shape index (κ1) is 19.8. The summed E-state index contributed by atoms with van der Waals surface area (Å²) >= 11 is 0. The van der Waals surface area contributed by atoms with Gasteiger partial charge in [0.1, 0.15) is 17.2 Å². The van der Waals surface area contributed by atoms with Crippen LogP contribution in [0.5, 0.6) is 17.2 Å². The number of amides is 1. The van der Waals surface area contributed by atoms with Crippen molar-refractivity contribution in [2.24, 2.45) is 0 Å². The third-order valence-electron chi connectivity index (χ3n) is 4.45. The Kier molecular flexibility index (Phi) is 5.60. The zero-order chi connectivity index (χ0) is 20.3. The molecule has 2 aromatic rings. The molecule has 28 heavy (non-hydrogen) atoms. The number of methoxy groups -OCH3 is 3. The number of para-hydroxylation sites is 1. The van der Waals surface area contributed by atoms with E-state index in [2.05, 4.69) is 0 Å². The number of hydrogen-bond donors (Lipinski definition) is 0. The first-order valence-electron chi connectivity index (χ1n) is 8.49. The molecular formula is C20H21NO6S. The highest BCUT2D eigenvalue weighted by atomic mass is 32.2. The van der Waals surface area contributed by atoms with Crippen LogP contribution in [-0.2, 0) is 9.84 Å². The minimum Gasteiger partial charge on any atom is -0.497 e. The molecule has 0 aromatic heterocycles. The van der Waals surface area contributed by atoms with E-state index in [-0.39, 0.29) is 5.75 Å². The van der Waals surface area contributed by atoms with Crippen LogP contribution in [-0.4, -0.2) is 47.4 Å². The Bertz CT molecular complexity index is 1020. The second-order valence-corrected chi connectivity index (χ2v) is 8.07. The van der Waals surface area contributed by atoms with Gasteiger partial charge < -0.3 is 14.2 Å². The molecule has 0 bridgehead atoms. The summed E-state index contributed by atoms with van der Waals surface area (Å²) in [6.07, 6.45) is 1.51. The number of carbonyl (C=O) groups is 1.